The summed E-state index contributed by atoms with van der Waals surface area (Å²) in [5.74, 6) is 0. The van der Waals surface area contributed by atoms with Crippen molar-refractivity contribution in [3.63, 3.8) is 0 Å². The molecule has 0 fully saturated rings. The van der Waals surface area contributed by atoms with Gasteiger partial charge in [0, 0.05) is 36.9 Å². The van der Waals surface area contributed by atoms with E-state index in [1.54, 1.807) is 23.7 Å². The number of halogens is 1. The van der Waals surface area contributed by atoms with Crippen LogP contribution in [0, 0.1) is 0 Å². The minimum atomic E-state index is 0.240. The maximum atomic E-state index is 6.31. The predicted molar refractivity (Wildman–Crippen MR) is 138 cm³/mol. The van der Waals surface area contributed by atoms with Crippen molar-refractivity contribution in [2.24, 2.45) is 4.99 Å². The molecule has 158 valence electrons. The number of benzene rings is 4. The Morgan fingerprint density at radius 2 is 1.66 bits per heavy atom. The number of hydrogen-bond donors (Lipinski definition) is 1. The second kappa shape index (κ2) is 9.55. The highest BCUT2D eigenvalue weighted by molar-refractivity contribution is 7.99. The molecule has 4 aromatic rings. The van der Waals surface area contributed by atoms with E-state index >= 15 is 0 Å². The van der Waals surface area contributed by atoms with Crippen molar-refractivity contribution in [2.75, 3.05) is 0 Å². The Balaban J connectivity index is 1.49. The summed E-state index contributed by atoms with van der Waals surface area (Å²) in [6, 6.07) is 33.5. The Kier molecular flexibility index (Phi) is 6.37. The maximum absolute atomic E-state index is 6.31. The van der Waals surface area contributed by atoms with E-state index in [2.05, 4.69) is 84.4 Å². The van der Waals surface area contributed by atoms with E-state index in [-0.39, 0.29) is 6.04 Å². The lowest BCUT2D eigenvalue weighted by atomic mass is 10.0. The van der Waals surface area contributed by atoms with Gasteiger partial charge in [-0.2, -0.15) is 0 Å². The van der Waals surface area contributed by atoms with Crippen LogP contribution < -0.4 is 4.72 Å². The summed E-state index contributed by atoms with van der Waals surface area (Å²) < 4.78 is 3.55. The third kappa shape index (κ3) is 4.64. The van der Waals surface area contributed by atoms with Crippen LogP contribution >= 0.6 is 35.3 Å². The molecule has 1 unspecified atom stereocenters. The van der Waals surface area contributed by atoms with E-state index in [1.807, 2.05) is 24.3 Å². The van der Waals surface area contributed by atoms with Crippen LogP contribution in [0.5, 0.6) is 0 Å². The summed E-state index contributed by atoms with van der Waals surface area (Å²) in [5.41, 5.74) is 5.33. The standard InChI is InChI=1S/C27H21ClN2S2/c1-18(19-8-3-2-4-9-19)30-32-22-14-15-26-24(17-22)29-27(20-10-7-11-21(28)16-20)23-12-5-6-13-25(23)31-26/h2-18,30H,1H3. The molecular weight excluding hydrogens is 452 g/mol. The molecule has 1 N–H and O–H groups in total. The van der Waals surface area contributed by atoms with Crippen molar-refractivity contribution in [1.82, 2.24) is 4.72 Å². The Morgan fingerprint density at radius 1 is 0.844 bits per heavy atom. The molecule has 2 nitrogen and oxygen atoms in total. The SMILES string of the molecule is CC(NSc1ccc2c(c1)N=C(c1cccc(Cl)c1)c1ccccc1S2)c1ccccc1. The minimum Gasteiger partial charge on any atom is -0.253 e. The molecule has 4 aromatic carbocycles. The van der Waals surface area contributed by atoms with Gasteiger partial charge >= 0.3 is 0 Å². The molecule has 0 aliphatic carbocycles. The van der Waals surface area contributed by atoms with Crippen molar-refractivity contribution in [3.8, 4) is 0 Å². The molecule has 0 spiro atoms. The molecule has 1 aliphatic rings. The van der Waals surface area contributed by atoms with Crippen LogP contribution in [0.25, 0.3) is 0 Å². The summed E-state index contributed by atoms with van der Waals surface area (Å²) in [6.07, 6.45) is 0. The molecule has 0 radical (unpaired) electrons. The molecule has 5 heteroatoms. The molecule has 0 aromatic heterocycles. The monoisotopic (exact) mass is 472 g/mol. The van der Waals surface area contributed by atoms with E-state index in [1.165, 1.54) is 10.5 Å². The molecule has 32 heavy (non-hydrogen) atoms. The molecule has 0 bridgehead atoms. The second-order valence-electron chi connectivity index (χ2n) is 7.55. The van der Waals surface area contributed by atoms with Gasteiger partial charge in [-0.1, -0.05) is 84.0 Å². The Bertz CT molecular complexity index is 1290. The van der Waals surface area contributed by atoms with Gasteiger partial charge < -0.3 is 0 Å². The van der Waals surface area contributed by atoms with E-state index in [4.69, 9.17) is 16.6 Å². The zero-order valence-electron chi connectivity index (χ0n) is 17.5. The van der Waals surface area contributed by atoms with Crippen molar-refractivity contribution < 1.29 is 0 Å². The molecule has 0 saturated heterocycles. The van der Waals surface area contributed by atoms with Crippen LogP contribution in [0.2, 0.25) is 5.02 Å². The fourth-order valence-electron chi connectivity index (χ4n) is 3.61. The highest BCUT2D eigenvalue weighted by Gasteiger charge is 2.19. The first-order valence-electron chi connectivity index (χ1n) is 10.4. The van der Waals surface area contributed by atoms with Crippen LogP contribution in [0.4, 0.5) is 5.69 Å². The van der Waals surface area contributed by atoms with Crippen LogP contribution in [-0.4, -0.2) is 5.71 Å². The number of hydrogen-bond acceptors (Lipinski definition) is 4. The number of rotatable bonds is 5. The average Bonchev–Trinajstić information content (AvgIpc) is 2.99. The lowest BCUT2D eigenvalue weighted by Gasteiger charge is -2.14. The smallest absolute Gasteiger partial charge is 0.0793 e. The molecular formula is C27H21ClN2S2. The zero-order chi connectivity index (χ0) is 21.9. The molecule has 0 saturated carbocycles. The minimum absolute atomic E-state index is 0.240. The van der Waals surface area contributed by atoms with Gasteiger partial charge in [-0.05, 0) is 60.8 Å². The fraction of sp³-hybridized carbons (Fsp3) is 0.0741. The van der Waals surface area contributed by atoms with Crippen molar-refractivity contribution in [2.45, 2.75) is 27.7 Å². The number of nitrogens with one attached hydrogen (secondary N) is 1. The van der Waals surface area contributed by atoms with E-state index < -0.39 is 0 Å². The van der Waals surface area contributed by atoms with Gasteiger partial charge in [0.15, 0.2) is 0 Å². The van der Waals surface area contributed by atoms with Gasteiger partial charge in [-0.25, -0.2) is 4.99 Å². The van der Waals surface area contributed by atoms with Crippen LogP contribution in [0.15, 0.2) is 117 Å². The third-order valence-electron chi connectivity index (χ3n) is 5.28. The Hall–Kier alpha value is -2.50. The average molecular weight is 473 g/mol. The maximum Gasteiger partial charge on any atom is 0.0793 e. The first kappa shape index (κ1) is 21.4. The molecule has 1 atom stereocenters. The first-order chi connectivity index (χ1) is 15.7. The van der Waals surface area contributed by atoms with Crippen molar-refractivity contribution in [3.05, 3.63) is 119 Å². The van der Waals surface area contributed by atoms with E-state index in [0.29, 0.717) is 5.02 Å². The number of aliphatic imine (C=N–C) groups is 1. The normalized spacial score (nSPS) is 13.5. The van der Waals surface area contributed by atoms with Gasteiger partial charge in [-0.3, -0.25) is 4.72 Å². The summed E-state index contributed by atoms with van der Waals surface area (Å²) >= 11 is 9.70. The highest BCUT2D eigenvalue weighted by atomic mass is 35.5. The van der Waals surface area contributed by atoms with Crippen LogP contribution in [0.1, 0.15) is 29.7 Å². The third-order valence-corrected chi connectivity index (χ3v) is 7.61. The summed E-state index contributed by atoms with van der Waals surface area (Å²) in [5, 5.41) is 0.711. The molecule has 0 amide bonds. The van der Waals surface area contributed by atoms with E-state index in [0.717, 1.165) is 32.3 Å². The highest BCUT2D eigenvalue weighted by Crippen LogP contribution is 2.42. The van der Waals surface area contributed by atoms with Gasteiger partial charge in [0.2, 0.25) is 0 Å². The Labute approximate surface area is 202 Å². The summed E-state index contributed by atoms with van der Waals surface area (Å²) in [6.45, 7) is 2.17. The van der Waals surface area contributed by atoms with Gasteiger partial charge in [-0.15, -0.1) is 0 Å². The van der Waals surface area contributed by atoms with Crippen molar-refractivity contribution >= 4 is 46.7 Å². The van der Waals surface area contributed by atoms with E-state index in [9.17, 15) is 0 Å². The second-order valence-corrected chi connectivity index (χ2v) is 9.98. The quantitative estimate of drug-likeness (QED) is 0.260. The summed E-state index contributed by atoms with van der Waals surface area (Å²) in [4.78, 5) is 8.61. The summed E-state index contributed by atoms with van der Waals surface area (Å²) in [7, 11) is 0. The van der Waals surface area contributed by atoms with Gasteiger partial charge in [0.25, 0.3) is 0 Å². The van der Waals surface area contributed by atoms with Crippen LogP contribution in [-0.2, 0) is 0 Å². The van der Waals surface area contributed by atoms with Crippen molar-refractivity contribution in [1.29, 1.82) is 0 Å². The molecule has 1 aliphatic heterocycles. The fourth-order valence-corrected chi connectivity index (χ4v) is 5.56. The number of fused-ring (bicyclic) bond motifs is 2. The zero-order valence-corrected chi connectivity index (χ0v) is 19.8. The van der Waals surface area contributed by atoms with Crippen LogP contribution in [0.3, 0.4) is 0 Å². The first-order valence-corrected chi connectivity index (χ1v) is 12.4. The predicted octanol–water partition coefficient (Wildman–Crippen LogP) is 8.33. The number of nitrogens with zero attached hydrogens (tertiary/aromatic N) is 1. The molecule has 1 heterocycles. The lowest BCUT2D eigenvalue weighted by Crippen LogP contribution is -2.09. The Morgan fingerprint density at radius 3 is 2.50 bits per heavy atom. The topological polar surface area (TPSA) is 24.4 Å². The van der Waals surface area contributed by atoms with Gasteiger partial charge in [0.05, 0.1) is 11.4 Å². The molecule has 5 rings (SSSR count). The lowest BCUT2D eigenvalue weighted by molar-refractivity contribution is 0.754. The largest absolute Gasteiger partial charge is 0.253 e. The van der Waals surface area contributed by atoms with Gasteiger partial charge in [0.1, 0.15) is 0 Å².